The first-order valence-electron chi connectivity index (χ1n) is 4.51. The molecule has 0 atom stereocenters. The van der Waals surface area contributed by atoms with Crippen LogP contribution in [0.3, 0.4) is 0 Å². The van der Waals surface area contributed by atoms with Gasteiger partial charge in [-0.1, -0.05) is 29.3 Å². The van der Waals surface area contributed by atoms with Gasteiger partial charge >= 0.3 is 0 Å². The lowest BCUT2D eigenvalue weighted by molar-refractivity contribution is 0.834. The van der Waals surface area contributed by atoms with Crippen molar-refractivity contribution in [2.75, 3.05) is 0 Å². The van der Waals surface area contributed by atoms with E-state index in [1.165, 1.54) is 6.33 Å². The van der Waals surface area contributed by atoms with Gasteiger partial charge in [0.2, 0.25) is 0 Å². The normalized spacial score (nSPS) is 11.8. The summed E-state index contributed by atoms with van der Waals surface area (Å²) in [7, 11) is 1.88. The van der Waals surface area contributed by atoms with Crippen LogP contribution in [0.2, 0.25) is 10.3 Å². The van der Waals surface area contributed by atoms with Crippen molar-refractivity contribution < 1.29 is 0 Å². The SMILES string of the molecule is Cn1ccccc1=Nc1c(Cl)ncnc1Cl. The molecule has 0 saturated carbocycles. The first-order valence-corrected chi connectivity index (χ1v) is 5.26. The van der Waals surface area contributed by atoms with Gasteiger partial charge in [0.25, 0.3) is 0 Å². The predicted molar refractivity (Wildman–Crippen MR) is 62.7 cm³/mol. The van der Waals surface area contributed by atoms with Gasteiger partial charge in [-0.2, -0.15) is 0 Å². The molecule has 2 aromatic rings. The average Bonchev–Trinajstić information content (AvgIpc) is 2.26. The molecule has 2 aromatic heterocycles. The number of aromatic nitrogens is 3. The second kappa shape index (κ2) is 4.63. The smallest absolute Gasteiger partial charge is 0.159 e. The number of halogens is 2. The summed E-state index contributed by atoms with van der Waals surface area (Å²) >= 11 is 11.8. The van der Waals surface area contributed by atoms with E-state index in [-0.39, 0.29) is 10.3 Å². The highest BCUT2D eigenvalue weighted by Gasteiger charge is 2.05. The van der Waals surface area contributed by atoms with Crippen molar-refractivity contribution in [2.24, 2.45) is 12.0 Å². The molecule has 82 valence electrons. The predicted octanol–water partition coefficient (Wildman–Crippen LogP) is 2.35. The molecule has 6 heteroatoms. The summed E-state index contributed by atoms with van der Waals surface area (Å²) in [6.07, 6.45) is 3.18. The molecule has 0 fully saturated rings. The van der Waals surface area contributed by atoms with Crippen LogP contribution in [0, 0.1) is 0 Å². The van der Waals surface area contributed by atoms with Crippen LogP contribution in [-0.2, 0) is 7.05 Å². The minimum atomic E-state index is 0.240. The molecular formula is C10H8Cl2N4. The Morgan fingerprint density at radius 1 is 1.19 bits per heavy atom. The van der Waals surface area contributed by atoms with Gasteiger partial charge in [0, 0.05) is 13.2 Å². The van der Waals surface area contributed by atoms with Gasteiger partial charge in [-0.3, -0.25) is 0 Å². The van der Waals surface area contributed by atoms with Crippen LogP contribution in [0.1, 0.15) is 0 Å². The Bertz CT molecular complexity index is 557. The van der Waals surface area contributed by atoms with E-state index < -0.39 is 0 Å². The first kappa shape index (κ1) is 11.1. The zero-order chi connectivity index (χ0) is 11.5. The van der Waals surface area contributed by atoms with Gasteiger partial charge in [-0.25, -0.2) is 15.0 Å². The molecule has 0 unspecified atom stereocenters. The molecule has 16 heavy (non-hydrogen) atoms. The highest BCUT2D eigenvalue weighted by Crippen LogP contribution is 2.27. The second-order valence-electron chi connectivity index (χ2n) is 3.09. The van der Waals surface area contributed by atoms with E-state index >= 15 is 0 Å². The summed E-state index contributed by atoms with van der Waals surface area (Å²) < 4.78 is 1.85. The van der Waals surface area contributed by atoms with Crippen LogP contribution in [0.25, 0.3) is 0 Å². The Hall–Kier alpha value is -1.39. The zero-order valence-corrected chi connectivity index (χ0v) is 9.94. The molecule has 0 aliphatic heterocycles. The van der Waals surface area contributed by atoms with Crippen LogP contribution >= 0.6 is 23.2 Å². The summed E-state index contributed by atoms with van der Waals surface area (Å²) in [5.74, 6) is 0. The van der Waals surface area contributed by atoms with E-state index in [4.69, 9.17) is 23.2 Å². The molecule has 0 spiro atoms. The lowest BCUT2D eigenvalue weighted by Gasteiger charge is -2.01. The summed E-state index contributed by atoms with van der Waals surface area (Å²) in [6, 6.07) is 5.63. The van der Waals surface area contributed by atoms with Gasteiger partial charge in [-0.05, 0) is 12.1 Å². The number of pyridine rings is 1. The zero-order valence-electron chi connectivity index (χ0n) is 8.43. The molecule has 0 saturated heterocycles. The van der Waals surface area contributed by atoms with Gasteiger partial charge in [-0.15, -0.1) is 0 Å². The monoisotopic (exact) mass is 254 g/mol. The van der Waals surface area contributed by atoms with Crippen molar-refractivity contribution in [3.63, 3.8) is 0 Å². The largest absolute Gasteiger partial charge is 0.336 e. The fraction of sp³-hybridized carbons (Fsp3) is 0.100. The van der Waals surface area contributed by atoms with Crippen molar-refractivity contribution in [3.8, 4) is 0 Å². The van der Waals surface area contributed by atoms with E-state index in [2.05, 4.69) is 15.0 Å². The Morgan fingerprint density at radius 3 is 2.50 bits per heavy atom. The number of aryl methyl sites for hydroxylation is 1. The van der Waals surface area contributed by atoms with E-state index in [1.54, 1.807) is 0 Å². The van der Waals surface area contributed by atoms with Gasteiger partial charge < -0.3 is 4.57 Å². The van der Waals surface area contributed by atoms with Gasteiger partial charge in [0.1, 0.15) is 17.5 Å². The van der Waals surface area contributed by atoms with Crippen LogP contribution in [0.5, 0.6) is 0 Å². The Balaban J connectivity index is 2.64. The Kier molecular flexibility index (Phi) is 3.22. The first-order chi connectivity index (χ1) is 7.68. The number of hydrogen-bond donors (Lipinski definition) is 0. The van der Waals surface area contributed by atoms with Gasteiger partial charge in [0.05, 0.1) is 0 Å². The topological polar surface area (TPSA) is 43.1 Å². The van der Waals surface area contributed by atoms with Crippen LogP contribution in [-0.4, -0.2) is 14.5 Å². The minimum absolute atomic E-state index is 0.240. The molecule has 4 nitrogen and oxygen atoms in total. The third-order valence-corrected chi connectivity index (χ3v) is 2.54. The fourth-order valence-electron chi connectivity index (χ4n) is 1.17. The molecule has 0 aromatic carbocycles. The standard InChI is InChI=1S/C10H8Cl2N4/c1-16-5-3-2-4-7(16)15-8-9(11)13-6-14-10(8)12/h2-6H,1H3. The van der Waals surface area contributed by atoms with Crippen molar-refractivity contribution in [3.05, 3.63) is 46.5 Å². The Labute approximate surface area is 102 Å². The molecule has 0 aliphatic carbocycles. The molecular weight excluding hydrogens is 247 g/mol. The lowest BCUT2D eigenvalue weighted by atomic mass is 10.4. The van der Waals surface area contributed by atoms with Crippen LogP contribution < -0.4 is 5.49 Å². The fourth-order valence-corrected chi connectivity index (χ4v) is 1.57. The number of hydrogen-bond acceptors (Lipinski definition) is 3. The van der Waals surface area contributed by atoms with Crippen molar-refractivity contribution in [1.29, 1.82) is 0 Å². The maximum atomic E-state index is 5.89. The van der Waals surface area contributed by atoms with Gasteiger partial charge in [0.15, 0.2) is 10.3 Å². The molecule has 0 radical (unpaired) electrons. The quantitative estimate of drug-likeness (QED) is 0.734. The maximum absolute atomic E-state index is 5.89. The maximum Gasteiger partial charge on any atom is 0.159 e. The minimum Gasteiger partial charge on any atom is -0.336 e. The highest BCUT2D eigenvalue weighted by molar-refractivity contribution is 6.37. The third-order valence-electron chi connectivity index (χ3n) is 1.99. The van der Waals surface area contributed by atoms with E-state index in [0.717, 1.165) is 5.49 Å². The third kappa shape index (κ3) is 2.23. The van der Waals surface area contributed by atoms with Crippen molar-refractivity contribution >= 4 is 28.9 Å². The summed E-state index contributed by atoms with van der Waals surface area (Å²) in [5.41, 5.74) is 1.11. The highest BCUT2D eigenvalue weighted by atomic mass is 35.5. The van der Waals surface area contributed by atoms with Crippen LogP contribution in [0.4, 0.5) is 5.69 Å². The molecule has 2 rings (SSSR count). The second-order valence-corrected chi connectivity index (χ2v) is 3.80. The molecule has 0 aliphatic rings. The number of rotatable bonds is 1. The number of nitrogens with zero attached hydrogens (tertiary/aromatic N) is 4. The summed E-state index contributed by atoms with van der Waals surface area (Å²) in [6.45, 7) is 0. The molecule has 2 heterocycles. The van der Waals surface area contributed by atoms with Crippen molar-refractivity contribution in [1.82, 2.24) is 14.5 Å². The summed E-state index contributed by atoms with van der Waals surface area (Å²) in [4.78, 5) is 12.0. The van der Waals surface area contributed by atoms with E-state index in [9.17, 15) is 0 Å². The molecule has 0 N–H and O–H groups in total. The Morgan fingerprint density at radius 2 is 1.88 bits per heavy atom. The van der Waals surface area contributed by atoms with E-state index in [0.29, 0.717) is 5.69 Å². The summed E-state index contributed by atoms with van der Waals surface area (Å²) in [5, 5.41) is 0.479. The lowest BCUT2D eigenvalue weighted by Crippen LogP contribution is -2.15. The van der Waals surface area contributed by atoms with Crippen LogP contribution in [0.15, 0.2) is 35.7 Å². The molecule has 0 bridgehead atoms. The van der Waals surface area contributed by atoms with Crippen molar-refractivity contribution in [2.45, 2.75) is 0 Å². The molecule has 0 amide bonds. The average molecular weight is 255 g/mol. The van der Waals surface area contributed by atoms with E-state index in [1.807, 2.05) is 36.0 Å².